The minimum Gasteiger partial charge on any atom is -0.374 e. The molecule has 4 atom stereocenters. The molecule has 9 heteroatoms. The van der Waals surface area contributed by atoms with Gasteiger partial charge in [-0.2, -0.15) is 0 Å². The van der Waals surface area contributed by atoms with E-state index >= 15 is 0 Å². The minimum atomic E-state index is -3.24. The molecule has 0 aromatic rings. The van der Waals surface area contributed by atoms with Crippen LogP contribution in [0.3, 0.4) is 0 Å². The van der Waals surface area contributed by atoms with Gasteiger partial charge in [-0.3, -0.25) is 0 Å². The second-order valence-electron chi connectivity index (χ2n) is 4.21. The van der Waals surface area contributed by atoms with Gasteiger partial charge in [0.2, 0.25) is 0 Å². The first kappa shape index (κ1) is 12.5. The Morgan fingerprint density at radius 2 is 1.94 bits per heavy atom. The van der Waals surface area contributed by atoms with Crippen molar-refractivity contribution in [1.82, 2.24) is 0 Å². The zero-order valence-corrected chi connectivity index (χ0v) is 9.96. The summed E-state index contributed by atoms with van der Waals surface area (Å²) in [5, 5.41) is 8.64. The van der Waals surface area contributed by atoms with Crippen molar-refractivity contribution < 1.29 is 27.8 Å². The molecule has 0 aromatic carbocycles. The van der Waals surface area contributed by atoms with Crippen molar-refractivity contribution in [1.29, 1.82) is 0 Å². The highest BCUT2D eigenvalue weighted by Crippen LogP contribution is 2.29. The Morgan fingerprint density at radius 1 is 1.29 bits per heavy atom. The van der Waals surface area contributed by atoms with E-state index in [1.807, 2.05) is 0 Å². The Morgan fingerprint density at radius 3 is 2.53 bits per heavy atom. The van der Waals surface area contributed by atoms with E-state index in [4.69, 9.17) is 9.47 Å². The maximum absolute atomic E-state index is 11.4. The lowest BCUT2D eigenvalue weighted by Gasteiger charge is -2.42. The summed E-state index contributed by atoms with van der Waals surface area (Å²) in [4.78, 5) is 14.6. The predicted octanol–water partition coefficient (Wildman–Crippen LogP) is -0.836. The second-order valence-corrected chi connectivity index (χ2v) is 6.48. The smallest absolute Gasteiger partial charge is 0.294 e. The summed E-state index contributed by atoms with van der Waals surface area (Å²) in [6, 6.07) is 0. The van der Waals surface area contributed by atoms with Gasteiger partial charge in [-0.15, -0.1) is 10.1 Å². The molecule has 2 bridgehead atoms. The molecule has 0 aliphatic carbocycles. The summed E-state index contributed by atoms with van der Waals surface area (Å²) in [6.07, 6.45) is -0.283. The molecular formula is C8H13NO7S. The summed E-state index contributed by atoms with van der Waals surface area (Å²) in [7, 11) is -3.24. The van der Waals surface area contributed by atoms with Crippen molar-refractivity contribution in [3.8, 4) is 0 Å². The number of ether oxygens (including phenoxy) is 2. The summed E-state index contributed by atoms with van der Waals surface area (Å²) in [5.74, 6) is 0. The summed E-state index contributed by atoms with van der Waals surface area (Å²) < 4.78 is 33.5. The van der Waals surface area contributed by atoms with E-state index < -0.39 is 38.5 Å². The molecule has 0 aromatic heterocycles. The van der Waals surface area contributed by atoms with Crippen molar-refractivity contribution in [3.05, 3.63) is 10.1 Å². The summed E-state index contributed by atoms with van der Waals surface area (Å²) >= 11 is 0. The quantitative estimate of drug-likeness (QED) is 0.485. The zero-order valence-electron chi connectivity index (χ0n) is 9.14. The Kier molecular flexibility index (Phi) is 3.23. The van der Waals surface area contributed by atoms with Gasteiger partial charge in [0.25, 0.3) is 5.09 Å². The maximum Gasteiger partial charge on any atom is 0.294 e. The first-order valence-electron chi connectivity index (χ1n) is 5.11. The molecule has 0 unspecified atom stereocenters. The number of fused-ring (bicyclic) bond motifs is 2. The van der Waals surface area contributed by atoms with Gasteiger partial charge < -0.3 is 14.3 Å². The number of rotatable bonds is 3. The first-order chi connectivity index (χ1) is 7.88. The Hall–Kier alpha value is -0.930. The van der Waals surface area contributed by atoms with Crippen LogP contribution in [0.2, 0.25) is 0 Å². The van der Waals surface area contributed by atoms with Crippen LogP contribution in [-0.4, -0.2) is 56.5 Å². The van der Waals surface area contributed by atoms with Gasteiger partial charge in [0.15, 0.2) is 15.9 Å². The fraction of sp³-hybridized carbons (Fsp3) is 1.00. The third-order valence-corrected chi connectivity index (χ3v) is 4.55. The molecule has 0 N–H and O–H groups in total. The monoisotopic (exact) mass is 267 g/mol. The molecule has 17 heavy (non-hydrogen) atoms. The standard InChI is InChI=1S/C8H13NO7S/c1-17(12,13)8-4-15-5-2-6(8)14-3-7(5)16-9(10)11/h5-8H,2-4H2,1H3/t5-,6-,7+,8-/m0/s1. The maximum atomic E-state index is 11.4. The van der Waals surface area contributed by atoms with Crippen LogP contribution < -0.4 is 0 Å². The van der Waals surface area contributed by atoms with Crippen LogP contribution in [0.4, 0.5) is 0 Å². The molecule has 0 saturated carbocycles. The fourth-order valence-electron chi connectivity index (χ4n) is 2.14. The zero-order chi connectivity index (χ0) is 12.6. The molecule has 98 valence electrons. The van der Waals surface area contributed by atoms with Gasteiger partial charge in [0, 0.05) is 12.7 Å². The fourth-order valence-corrected chi connectivity index (χ4v) is 3.21. The average Bonchev–Trinajstić information content (AvgIpc) is 2.20. The largest absolute Gasteiger partial charge is 0.374 e. The highest BCUT2D eigenvalue weighted by Gasteiger charge is 2.45. The van der Waals surface area contributed by atoms with Gasteiger partial charge in [-0.05, 0) is 0 Å². The van der Waals surface area contributed by atoms with E-state index in [2.05, 4.69) is 4.84 Å². The van der Waals surface area contributed by atoms with Crippen molar-refractivity contribution >= 4 is 9.84 Å². The minimum absolute atomic E-state index is 0.00819. The van der Waals surface area contributed by atoms with Crippen LogP contribution >= 0.6 is 0 Å². The second kappa shape index (κ2) is 4.39. The Balaban J connectivity index is 2.04. The van der Waals surface area contributed by atoms with Gasteiger partial charge in [0.1, 0.15) is 5.25 Å². The van der Waals surface area contributed by atoms with Crippen molar-refractivity contribution in [2.45, 2.75) is 30.0 Å². The normalized spacial score (nSPS) is 37.5. The molecule has 2 aliphatic heterocycles. The van der Waals surface area contributed by atoms with Gasteiger partial charge in [-0.1, -0.05) is 0 Å². The molecule has 0 amide bonds. The van der Waals surface area contributed by atoms with Crippen molar-refractivity contribution in [2.24, 2.45) is 0 Å². The summed E-state index contributed by atoms with van der Waals surface area (Å²) in [5.41, 5.74) is 0. The lowest BCUT2D eigenvalue weighted by atomic mass is 9.98. The van der Waals surface area contributed by atoms with E-state index in [-0.39, 0.29) is 13.2 Å². The molecule has 2 saturated heterocycles. The Bertz CT molecular complexity index is 408. The number of hydrogen-bond donors (Lipinski definition) is 0. The third kappa shape index (κ3) is 2.67. The van der Waals surface area contributed by atoms with Crippen LogP contribution in [0.1, 0.15) is 6.42 Å². The lowest BCUT2D eigenvalue weighted by Crippen LogP contribution is -2.56. The van der Waals surface area contributed by atoms with Crippen LogP contribution in [-0.2, 0) is 24.1 Å². The lowest BCUT2D eigenvalue weighted by molar-refractivity contribution is -0.772. The van der Waals surface area contributed by atoms with E-state index in [9.17, 15) is 18.5 Å². The first-order valence-corrected chi connectivity index (χ1v) is 7.06. The van der Waals surface area contributed by atoms with E-state index in [1.54, 1.807) is 0 Å². The van der Waals surface area contributed by atoms with Crippen LogP contribution in [0.15, 0.2) is 0 Å². The third-order valence-electron chi connectivity index (χ3n) is 3.01. The molecule has 2 fully saturated rings. The topological polar surface area (TPSA) is 105 Å². The molecule has 0 spiro atoms. The van der Waals surface area contributed by atoms with Crippen molar-refractivity contribution in [3.63, 3.8) is 0 Å². The van der Waals surface area contributed by atoms with E-state index in [1.165, 1.54) is 0 Å². The predicted molar refractivity (Wildman–Crippen MR) is 54.6 cm³/mol. The highest BCUT2D eigenvalue weighted by atomic mass is 32.2. The number of hydrogen-bond acceptors (Lipinski definition) is 7. The van der Waals surface area contributed by atoms with Crippen molar-refractivity contribution in [2.75, 3.05) is 19.5 Å². The number of sulfone groups is 1. The van der Waals surface area contributed by atoms with Crippen LogP contribution in [0.5, 0.6) is 0 Å². The number of nitrogens with zero attached hydrogens (tertiary/aromatic N) is 1. The van der Waals surface area contributed by atoms with Crippen LogP contribution in [0.25, 0.3) is 0 Å². The van der Waals surface area contributed by atoms with Gasteiger partial charge in [0.05, 0.1) is 25.4 Å². The van der Waals surface area contributed by atoms with Crippen LogP contribution in [0, 0.1) is 10.1 Å². The summed E-state index contributed by atoms with van der Waals surface area (Å²) in [6.45, 7) is -0.0337. The molecule has 2 heterocycles. The average molecular weight is 267 g/mol. The highest BCUT2D eigenvalue weighted by molar-refractivity contribution is 7.91. The van der Waals surface area contributed by atoms with Gasteiger partial charge in [-0.25, -0.2) is 8.42 Å². The van der Waals surface area contributed by atoms with E-state index in [0.717, 1.165) is 6.26 Å². The van der Waals surface area contributed by atoms with E-state index in [0.29, 0.717) is 6.42 Å². The molecule has 0 radical (unpaired) electrons. The molecule has 2 rings (SSSR count). The molecule has 2 aliphatic rings. The molecule has 8 nitrogen and oxygen atoms in total. The van der Waals surface area contributed by atoms with Gasteiger partial charge >= 0.3 is 0 Å². The molecular weight excluding hydrogens is 254 g/mol. The SMILES string of the molecule is CS(=O)(=O)[C@H]1CO[C@H]2C[C@@H]1OC[C@H]2O[N+](=O)[O-]. The Labute approximate surface area is 97.9 Å².